The fraction of sp³-hybridized carbons (Fsp3) is 0.375. The summed E-state index contributed by atoms with van der Waals surface area (Å²) in [6.45, 7) is 9.73. The Morgan fingerprint density at radius 1 is 1.09 bits per heavy atom. The molecule has 11 heteroatoms. The van der Waals surface area contributed by atoms with Crippen molar-refractivity contribution in [3.05, 3.63) is 54.5 Å². The summed E-state index contributed by atoms with van der Waals surface area (Å²) in [4.78, 5) is 28.8. The van der Waals surface area contributed by atoms with Gasteiger partial charge in [-0.2, -0.15) is 10.1 Å². The molecule has 0 spiro atoms. The molecule has 0 aliphatic carbocycles. The molecule has 4 aromatic heterocycles. The number of nitrogens with zero attached hydrogens (tertiary/aromatic N) is 7. The summed E-state index contributed by atoms with van der Waals surface area (Å²) in [5, 5.41) is 17.9. The predicted molar refractivity (Wildman–Crippen MR) is 128 cm³/mol. The van der Waals surface area contributed by atoms with Crippen LogP contribution in [0, 0.1) is 11.3 Å². The normalized spacial score (nSPS) is 13.7. The molecule has 0 radical (unpaired) electrons. The van der Waals surface area contributed by atoms with Crippen LogP contribution in [0.4, 0.5) is 5.95 Å². The molecule has 4 rings (SSSR count). The number of pyridine rings is 1. The Bertz CT molecular complexity index is 1330. The zero-order valence-corrected chi connectivity index (χ0v) is 20.3. The Morgan fingerprint density at radius 3 is 2.40 bits per heavy atom. The minimum Gasteiger partial charge on any atom is -0.481 e. The number of nitrogens with two attached hydrogens (primary N) is 1. The van der Waals surface area contributed by atoms with Crippen LogP contribution in [-0.4, -0.2) is 45.9 Å². The van der Waals surface area contributed by atoms with E-state index in [0.717, 1.165) is 16.8 Å². The van der Waals surface area contributed by atoms with Crippen molar-refractivity contribution >= 4 is 11.9 Å². The van der Waals surface area contributed by atoms with Gasteiger partial charge in [-0.1, -0.05) is 25.1 Å². The van der Waals surface area contributed by atoms with Crippen LogP contribution >= 0.6 is 0 Å². The molecular formula is C24H28N8O3. The highest BCUT2D eigenvalue weighted by molar-refractivity contribution is 5.73. The largest absolute Gasteiger partial charge is 0.481 e. The molecule has 0 bridgehead atoms. The highest BCUT2D eigenvalue weighted by Crippen LogP contribution is 2.38. The molecule has 0 saturated heterocycles. The van der Waals surface area contributed by atoms with E-state index in [-0.39, 0.29) is 18.4 Å². The van der Waals surface area contributed by atoms with Crippen molar-refractivity contribution in [2.45, 2.75) is 46.6 Å². The average Bonchev–Trinajstić information content (AvgIpc) is 3.49. The topological polar surface area (TPSA) is 159 Å². The lowest BCUT2D eigenvalue weighted by atomic mass is 9.73. The third-order valence-electron chi connectivity index (χ3n) is 6.39. The van der Waals surface area contributed by atoms with Crippen LogP contribution in [0.1, 0.15) is 46.0 Å². The average molecular weight is 477 g/mol. The minimum atomic E-state index is -0.961. The lowest BCUT2D eigenvalue weighted by Gasteiger charge is -2.30. The van der Waals surface area contributed by atoms with Crippen molar-refractivity contribution in [3.63, 3.8) is 0 Å². The third-order valence-corrected chi connectivity index (χ3v) is 6.39. The van der Waals surface area contributed by atoms with Crippen LogP contribution in [0.25, 0.3) is 22.7 Å². The van der Waals surface area contributed by atoms with Gasteiger partial charge in [0.25, 0.3) is 5.89 Å². The summed E-state index contributed by atoms with van der Waals surface area (Å²) in [6, 6.07) is 3.89. The summed E-state index contributed by atoms with van der Waals surface area (Å²) in [5.41, 5.74) is 7.08. The Kier molecular flexibility index (Phi) is 6.10. The van der Waals surface area contributed by atoms with E-state index in [0.29, 0.717) is 17.3 Å². The molecule has 0 aliphatic rings. The maximum atomic E-state index is 11.4. The van der Waals surface area contributed by atoms with Crippen LogP contribution in [0.15, 0.2) is 47.6 Å². The Labute approximate surface area is 202 Å². The van der Waals surface area contributed by atoms with Gasteiger partial charge in [-0.3, -0.25) is 14.5 Å². The van der Waals surface area contributed by atoms with Crippen LogP contribution in [0.3, 0.4) is 0 Å². The number of nitrogen functional groups attached to an aromatic ring is 1. The van der Waals surface area contributed by atoms with E-state index in [1.54, 1.807) is 49.5 Å². The Hall–Kier alpha value is -4.15. The van der Waals surface area contributed by atoms with Crippen LogP contribution < -0.4 is 5.73 Å². The number of rotatable bonds is 8. The van der Waals surface area contributed by atoms with E-state index in [1.165, 1.54) is 0 Å². The molecule has 3 N–H and O–H groups in total. The van der Waals surface area contributed by atoms with Crippen molar-refractivity contribution < 1.29 is 14.4 Å². The third kappa shape index (κ3) is 4.61. The second-order valence-electron chi connectivity index (χ2n) is 9.66. The van der Waals surface area contributed by atoms with Gasteiger partial charge in [0, 0.05) is 30.4 Å². The monoisotopic (exact) mass is 476 g/mol. The molecule has 4 aromatic rings. The van der Waals surface area contributed by atoms with Crippen molar-refractivity contribution in [1.29, 1.82) is 0 Å². The molecule has 0 aromatic carbocycles. The highest BCUT2D eigenvalue weighted by Gasteiger charge is 2.38. The number of carboxylic acid groups (broad SMARTS) is 1. The molecule has 0 saturated carbocycles. The highest BCUT2D eigenvalue weighted by atomic mass is 16.5. The number of anilines is 1. The Morgan fingerprint density at radius 2 is 1.80 bits per heavy atom. The number of carbonyl (C=O) groups is 1. The number of carboxylic acids is 1. The molecule has 4 heterocycles. The molecule has 0 fully saturated rings. The van der Waals surface area contributed by atoms with Gasteiger partial charge in [0.1, 0.15) is 0 Å². The van der Waals surface area contributed by atoms with Crippen molar-refractivity contribution in [1.82, 2.24) is 34.9 Å². The van der Waals surface area contributed by atoms with Crippen LogP contribution in [-0.2, 0) is 16.8 Å². The first-order chi connectivity index (χ1) is 16.5. The first-order valence-corrected chi connectivity index (χ1v) is 11.2. The summed E-state index contributed by atoms with van der Waals surface area (Å²) < 4.78 is 7.15. The quantitative estimate of drug-likeness (QED) is 0.386. The predicted octanol–water partition coefficient (Wildman–Crippen LogP) is 3.44. The Balaban J connectivity index is 1.62. The molecule has 0 amide bonds. The van der Waals surface area contributed by atoms with E-state index in [1.807, 2.05) is 19.1 Å². The number of aliphatic carboxylic acids is 1. The fourth-order valence-corrected chi connectivity index (χ4v) is 3.65. The summed E-state index contributed by atoms with van der Waals surface area (Å²) in [7, 11) is 0. The number of hydrogen-bond acceptors (Lipinski definition) is 9. The second-order valence-corrected chi connectivity index (χ2v) is 9.66. The van der Waals surface area contributed by atoms with Gasteiger partial charge in [-0.25, -0.2) is 9.97 Å². The number of hydrogen-bond donors (Lipinski definition) is 2. The zero-order chi connectivity index (χ0) is 25.4. The molecular weight excluding hydrogens is 448 g/mol. The van der Waals surface area contributed by atoms with Gasteiger partial charge in [0.05, 0.1) is 34.8 Å². The van der Waals surface area contributed by atoms with E-state index in [2.05, 4.69) is 44.0 Å². The maximum Gasteiger partial charge on any atom is 0.310 e. The molecule has 0 aliphatic heterocycles. The minimum absolute atomic E-state index is 0.125. The summed E-state index contributed by atoms with van der Waals surface area (Å²) in [6.07, 6.45) is 8.37. The van der Waals surface area contributed by atoms with Gasteiger partial charge in [-0.15, -0.1) is 0 Å². The fourth-order valence-electron chi connectivity index (χ4n) is 3.65. The summed E-state index contributed by atoms with van der Waals surface area (Å²) in [5.74, 6) is 0.272. The van der Waals surface area contributed by atoms with Gasteiger partial charge in [0.15, 0.2) is 5.82 Å². The zero-order valence-electron chi connectivity index (χ0n) is 20.3. The summed E-state index contributed by atoms with van der Waals surface area (Å²) >= 11 is 0. The first kappa shape index (κ1) is 24.0. The van der Waals surface area contributed by atoms with Crippen molar-refractivity contribution in [3.8, 4) is 22.7 Å². The smallest absolute Gasteiger partial charge is 0.310 e. The van der Waals surface area contributed by atoms with Crippen LogP contribution in [0.5, 0.6) is 0 Å². The van der Waals surface area contributed by atoms with Gasteiger partial charge in [0.2, 0.25) is 5.95 Å². The molecule has 35 heavy (non-hydrogen) atoms. The lowest BCUT2D eigenvalue weighted by molar-refractivity contribution is -0.147. The van der Waals surface area contributed by atoms with E-state index in [9.17, 15) is 9.90 Å². The van der Waals surface area contributed by atoms with E-state index >= 15 is 0 Å². The van der Waals surface area contributed by atoms with Gasteiger partial charge in [-0.05, 0) is 38.3 Å². The lowest BCUT2D eigenvalue weighted by Crippen LogP contribution is -2.31. The standard InChI is InChI=1S/C24H28N8O3/c1-14(2)24(5,17-6-7-18(26-11-17)15-8-27-22(25)28-9-15)20-30-19(35-31-20)16-10-29-32(12-16)13-23(3,4)21(33)34/h6-12,14H,13H2,1-5H3,(H,33,34)(H2,25,27,28). The van der Waals surface area contributed by atoms with Gasteiger partial charge >= 0.3 is 5.97 Å². The van der Waals surface area contributed by atoms with Crippen molar-refractivity contribution in [2.24, 2.45) is 11.3 Å². The first-order valence-electron chi connectivity index (χ1n) is 11.2. The molecule has 11 nitrogen and oxygen atoms in total. The number of aromatic nitrogens is 7. The van der Waals surface area contributed by atoms with Crippen LogP contribution in [0.2, 0.25) is 0 Å². The maximum absolute atomic E-state index is 11.4. The van der Waals surface area contributed by atoms with Gasteiger partial charge < -0.3 is 15.4 Å². The SMILES string of the molecule is CC(C)C(C)(c1ccc(-c2cnc(N)nc2)nc1)c1noc(-c2cnn(CC(C)(C)C(=O)O)c2)n1. The molecule has 182 valence electrons. The van der Waals surface area contributed by atoms with E-state index < -0.39 is 16.8 Å². The molecule has 1 unspecified atom stereocenters. The van der Waals surface area contributed by atoms with E-state index in [4.69, 9.17) is 10.3 Å². The molecule has 1 atom stereocenters. The van der Waals surface area contributed by atoms with Crippen molar-refractivity contribution in [2.75, 3.05) is 5.73 Å². The second kappa shape index (κ2) is 8.90.